The smallest absolute Gasteiger partial charge is 0.342 e. The number of hydrogen-bond acceptors (Lipinski definition) is 5. The normalized spacial score (nSPS) is 10.4. The van der Waals surface area contributed by atoms with Crippen LogP contribution >= 0.6 is 0 Å². The predicted molar refractivity (Wildman–Crippen MR) is 127 cm³/mol. The fraction of sp³-hybridized carbons (Fsp3) is 0.222. The first kappa shape index (κ1) is 23.7. The van der Waals surface area contributed by atoms with Crippen LogP contribution in [0, 0.1) is 6.92 Å². The molecule has 0 spiro atoms. The number of rotatable bonds is 10. The lowest BCUT2D eigenvalue weighted by molar-refractivity contribution is -0.116. The molecule has 0 bridgehead atoms. The van der Waals surface area contributed by atoms with Gasteiger partial charge in [-0.1, -0.05) is 48.9 Å². The summed E-state index contributed by atoms with van der Waals surface area (Å²) in [6.07, 6.45) is 1.20. The zero-order chi connectivity index (χ0) is 23.6. The summed E-state index contributed by atoms with van der Waals surface area (Å²) in [7, 11) is 0. The molecule has 0 heterocycles. The average Bonchev–Trinajstić information content (AvgIpc) is 2.82. The lowest BCUT2D eigenvalue weighted by atomic mass is 10.1. The number of benzene rings is 3. The molecule has 0 unspecified atom stereocenters. The number of carbonyl (C=O) groups excluding carboxylic acids is 3. The van der Waals surface area contributed by atoms with E-state index in [1.54, 1.807) is 48.5 Å². The van der Waals surface area contributed by atoms with Crippen molar-refractivity contribution in [3.63, 3.8) is 0 Å². The highest BCUT2D eigenvalue weighted by atomic mass is 16.5. The van der Waals surface area contributed by atoms with Gasteiger partial charge in [-0.3, -0.25) is 9.59 Å². The van der Waals surface area contributed by atoms with Crippen LogP contribution in [0.3, 0.4) is 0 Å². The van der Waals surface area contributed by atoms with Gasteiger partial charge in [0.2, 0.25) is 5.91 Å². The van der Waals surface area contributed by atoms with E-state index in [1.165, 1.54) is 0 Å². The molecular formula is C27H27NO5. The summed E-state index contributed by atoms with van der Waals surface area (Å²) in [5.74, 6) is -0.656. The van der Waals surface area contributed by atoms with E-state index in [0.717, 1.165) is 17.5 Å². The van der Waals surface area contributed by atoms with Gasteiger partial charge >= 0.3 is 5.97 Å². The molecule has 0 saturated heterocycles. The van der Waals surface area contributed by atoms with E-state index in [0.29, 0.717) is 30.0 Å². The van der Waals surface area contributed by atoms with Gasteiger partial charge < -0.3 is 14.8 Å². The van der Waals surface area contributed by atoms with Gasteiger partial charge in [0.25, 0.3) is 0 Å². The number of nitrogens with one attached hydrogen (secondary N) is 1. The molecule has 6 heteroatoms. The van der Waals surface area contributed by atoms with Crippen LogP contribution in [0.1, 0.15) is 51.6 Å². The summed E-state index contributed by atoms with van der Waals surface area (Å²) in [5, 5.41) is 2.76. The van der Waals surface area contributed by atoms with Crippen molar-refractivity contribution in [3.05, 3.63) is 95.1 Å². The Hall–Kier alpha value is -3.93. The van der Waals surface area contributed by atoms with Gasteiger partial charge in [0.05, 0.1) is 0 Å². The standard InChI is InChI=1S/C27H27NO5/c1-3-7-26(30)28-22-14-12-21(13-15-22)24(29)18-33-27(31)23-10-4-5-11-25(23)32-17-20-9-6-8-19(2)16-20/h4-6,8-16H,3,7,17-18H2,1-2H3,(H,28,30). The second-order valence-electron chi connectivity index (χ2n) is 7.65. The first-order chi connectivity index (χ1) is 16.0. The number of carbonyl (C=O) groups is 3. The van der Waals surface area contributed by atoms with Gasteiger partial charge in [-0.05, 0) is 55.3 Å². The second-order valence-corrected chi connectivity index (χ2v) is 7.65. The van der Waals surface area contributed by atoms with E-state index in [-0.39, 0.29) is 17.3 Å². The quantitative estimate of drug-likeness (QED) is 0.336. The first-order valence-electron chi connectivity index (χ1n) is 10.8. The van der Waals surface area contributed by atoms with Crippen LogP contribution in [0.25, 0.3) is 0 Å². The van der Waals surface area contributed by atoms with Gasteiger partial charge in [-0.15, -0.1) is 0 Å². The molecule has 0 aliphatic carbocycles. The second kappa shape index (κ2) is 11.6. The summed E-state index contributed by atoms with van der Waals surface area (Å²) in [4.78, 5) is 36.7. The Bertz CT molecular complexity index is 1120. The molecule has 0 aromatic heterocycles. The molecule has 0 fully saturated rings. The fourth-order valence-electron chi connectivity index (χ4n) is 3.21. The molecule has 1 N–H and O–H groups in total. The molecule has 170 valence electrons. The highest BCUT2D eigenvalue weighted by Gasteiger charge is 2.16. The Labute approximate surface area is 193 Å². The third-order valence-electron chi connectivity index (χ3n) is 4.89. The Morgan fingerprint density at radius 3 is 2.39 bits per heavy atom. The van der Waals surface area contributed by atoms with E-state index >= 15 is 0 Å². The van der Waals surface area contributed by atoms with Crippen LogP contribution < -0.4 is 10.1 Å². The van der Waals surface area contributed by atoms with Gasteiger partial charge in [0.15, 0.2) is 12.4 Å². The molecule has 6 nitrogen and oxygen atoms in total. The largest absolute Gasteiger partial charge is 0.488 e. The predicted octanol–water partition coefficient (Wildman–Crippen LogP) is 5.35. The third kappa shape index (κ3) is 7.04. The summed E-state index contributed by atoms with van der Waals surface area (Å²) in [6.45, 7) is 3.85. The zero-order valence-electron chi connectivity index (χ0n) is 18.8. The number of ether oxygens (including phenoxy) is 2. The lowest BCUT2D eigenvalue weighted by Gasteiger charge is -2.11. The number of ketones is 1. The van der Waals surface area contributed by atoms with Crippen molar-refractivity contribution in [2.24, 2.45) is 0 Å². The monoisotopic (exact) mass is 445 g/mol. The topological polar surface area (TPSA) is 81.7 Å². The number of Topliss-reactive ketones (excluding diaryl/α,β-unsaturated/α-hetero) is 1. The average molecular weight is 446 g/mol. The van der Waals surface area contributed by atoms with Crippen LogP contribution in [0.15, 0.2) is 72.8 Å². The first-order valence-corrected chi connectivity index (χ1v) is 10.8. The maximum Gasteiger partial charge on any atom is 0.342 e. The highest BCUT2D eigenvalue weighted by molar-refractivity contribution is 6.00. The molecule has 33 heavy (non-hydrogen) atoms. The minimum Gasteiger partial charge on any atom is -0.488 e. The van der Waals surface area contributed by atoms with Gasteiger partial charge in [-0.25, -0.2) is 4.79 Å². The van der Waals surface area contributed by atoms with Crippen LogP contribution in [-0.2, 0) is 16.1 Å². The maximum absolute atomic E-state index is 12.6. The highest BCUT2D eigenvalue weighted by Crippen LogP contribution is 2.21. The van der Waals surface area contributed by atoms with Crippen molar-refractivity contribution in [1.29, 1.82) is 0 Å². The Morgan fingerprint density at radius 2 is 1.67 bits per heavy atom. The summed E-state index contributed by atoms with van der Waals surface area (Å²) < 4.78 is 11.1. The van der Waals surface area contributed by atoms with Crippen molar-refractivity contribution in [2.45, 2.75) is 33.3 Å². The molecule has 0 saturated carbocycles. The van der Waals surface area contributed by atoms with Crippen molar-refractivity contribution in [3.8, 4) is 5.75 Å². The minimum atomic E-state index is -0.633. The Kier molecular flexibility index (Phi) is 8.36. The van der Waals surface area contributed by atoms with E-state index < -0.39 is 12.6 Å². The van der Waals surface area contributed by atoms with Gasteiger partial charge in [-0.2, -0.15) is 0 Å². The number of esters is 1. The van der Waals surface area contributed by atoms with E-state index in [2.05, 4.69) is 5.32 Å². The lowest BCUT2D eigenvalue weighted by Crippen LogP contribution is -2.15. The van der Waals surface area contributed by atoms with E-state index in [9.17, 15) is 14.4 Å². The summed E-state index contributed by atoms with van der Waals surface area (Å²) >= 11 is 0. The molecule has 0 aliphatic rings. The molecule has 1 amide bonds. The molecule has 0 aliphatic heterocycles. The number of anilines is 1. The zero-order valence-corrected chi connectivity index (χ0v) is 18.8. The number of para-hydroxylation sites is 1. The number of amides is 1. The molecule has 3 aromatic carbocycles. The van der Waals surface area contributed by atoms with Crippen LogP contribution in [0.2, 0.25) is 0 Å². The van der Waals surface area contributed by atoms with Crippen molar-refractivity contribution < 1.29 is 23.9 Å². The number of aryl methyl sites for hydroxylation is 1. The summed E-state index contributed by atoms with van der Waals surface area (Å²) in [5.41, 5.74) is 3.37. The van der Waals surface area contributed by atoms with E-state index in [4.69, 9.17) is 9.47 Å². The number of hydrogen-bond donors (Lipinski definition) is 1. The van der Waals surface area contributed by atoms with Gasteiger partial charge in [0.1, 0.15) is 17.9 Å². The van der Waals surface area contributed by atoms with Crippen molar-refractivity contribution in [1.82, 2.24) is 0 Å². The van der Waals surface area contributed by atoms with E-state index in [1.807, 2.05) is 38.1 Å². The maximum atomic E-state index is 12.6. The molecule has 0 radical (unpaired) electrons. The van der Waals surface area contributed by atoms with Crippen LogP contribution in [0.5, 0.6) is 5.75 Å². The van der Waals surface area contributed by atoms with Gasteiger partial charge in [0, 0.05) is 17.7 Å². The Balaban J connectivity index is 1.57. The SMILES string of the molecule is CCCC(=O)Nc1ccc(C(=O)COC(=O)c2ccccc2OCc2cccc(C)c2)cc1. The molecule has 0 atom stereocenters. The fourth-order valence-corrected chi connectivity index (χ4v) is 3.21. The molecule has 3 rings (SSSR count). The minimum absolute atomic E-state index is 0.0752. The Morgan fingerprint density at radius 1 is 0.909 bits per heavy atom. The van der Waals surface area contributed by atoms with Crippen molar-refractivity contribution >= 4 is 23.3 Å². The van der Waals surface area contributed by atoms with Crippen LogP contribution in [-0.4, -0.2) is 24.3 Å². The summed E-state index contributed by atoms with van der Waals surface area (Å²) in [6, 6.07) is 21.2. The van der Waals surface area contributed by atoms with Crippen LogP contribution in [0.4, 0.5) is 5.69 Å². The van der Waals surface area contributed by atoms with Crippen molar-refractivity contribution in [2.75, 3.05) is 11.9 Å². The third-order valence-corrected chi connectivity index (χ3v) is 4.89. The molecule has 3 aromatic rings. The molecular weight excluding hydrogens is 418 g/mol.